The Morgan fingerprint density at radius 2 is 2.08 bits per heavy atom. The second-order valence-electron chi connectivity index (χ2n) is 9.09. The summed E-state index contributed by atoms with van der Waals surface area (Å²) in [5.74, 6) is 0.219. The van der Waals surface area contributed by atoms with Gasteiger partial charge in [0.2, 0.25) is 5.88 Å². The molecule has 9 nitrogen and oxygen atoms in total. The molecule has 4 aromatic heterocycles. The van der Waals surface area contributed by atoms with Crippen LogP contribution in [-0.2, 0) is 4.74 Å². The Labute approximate surface area is 220 Å². The van der Waals surface area contributed by atoms with Gasteiger partial charge in [0.15, 0.2) is 5.65 Å². The fourth-order valence-electron chi connectivity index (χ4n) is 4.49. The van der Waals surface area contributed by atoms with Crippen molar-refractivity contribution in [2.24, 2.45) is 0 Å². The minimum Gasteiger partial charge on any atom is -0.472 e. The fourth-order valence-corrected chi connectivity index (χ4v) is 5.18. The van der Waals surface area contributed by atoms with E-state index in [1.807, 2.05) is 35.8 Å². The lowest BCUT2D eigenvalue weighted by Crippen LogP contribution is -2.42. The number of fused-ring (bicyclic) bond motifs is 1. The monoisotopic (exact) mass is 520 g/mol. The predicted octanol–water partition coefficient (Wildman–Crippen LogP) is 4.15. The predicted molar refractivity (Wildman–Crippen MR) is 144 cm³/mol. The van der Waals surface area contributed by atoms with Crippen molar-refractivity contribution in [1.29, 1.82) is 0 Å². The molecular formula is C27H32N6O3S. The van der Waals surface area contributed by atoms with Gasteiger partial charge in [-0.05, 0) is 43.6 Å². The van der Waals surface area contributed by atoms with Gasteiger partial charge in [-0.15, -0.1) is 11.3 Å². The highest BCUT2D eigenvalue weighted by Crippen LogP contribution is 2.26. The van der Waals surface area contributed by atoms with Gasteiger partial charge in [-0.1, -0.05) is 19.9 Å². The molecule has 0 aromatic carbocycles. The molecule has 37 heavy (non-hydrogen) atoms. The maximum Gasteiger partial charge on any atom is 0.251 e. The van der Waals surface area contributed by atoms with Crippen LogP contribution in [0.5, 0.6) is 5.88 Å². The molecule has 0 bridgehead atoms. The summed E-state index contributed by atoms with van der Waals surface area (Å²) in [7, 11) is 0. The molecule has 0 radical (unpaired) electrons. The molecule has 0 aliphatic carbocycles. The molecule has 1 fully saturated rings. The number of amides is 1. The quantitative estimate of drug-likeness (QED) is 0.336. The average Bonchev–Trinajstić information content (AvgIpc) is 3.69. The van der Waals surface area contributed by atoms with E-state index in [1.54, 1.807) is 28.0 Å². The normalized spacial score (nSPS) is 16.4. The number of hydrogen-bond acceptors (Lipinski definition) is 8. The van der Waals surface area contributed by atoms with Crippen molar-refractivity contribution in [3.8, 4) is 27.8 Å². The van der Waals surface area contributed by atoms with Crippen LogP contribution in [0.25, 0.3) is 27.6 Å². The Morgan fingerprint density at radius 3 is 2.81 bits per heavy atom. The summed E-state index contributed by atoms with van der Waals surface area (Å²) >= 11 is 1.64. The highest BCUT2D eigenvalue weighted by Gasteiger charge is 2.21. The van der Waals surface area contributed by atoms with Crippen molar-refractivity contribution >= 4 is 22.9 Å². The number of pyridine rings is 1. The molecule has 1 amide bonds. The molecule has 2 atom stereocenters. The molecule has 1 aliphatic rings. The lowest BCUT2D eigenvalue weighted by Gasteiger charge is -2.26. The van der Waals surface area contributed by atoms with E-state index in [1.165, 1.54) is 0 Å². The SMILES string of the molecule is CCN(CC)C(C)CNC(=O)c1cc(OC2CCOC2)nc(-c2cc3nc(-c4cccs4)ccn3n2)c1. The zero-order chi connectivity index (χ0) is 25.8. The van der Waals surface area contributed by atoms with E-state index >= 15 is 0 Å². The highest BCUT2D eigenvalue weighted by molar-refractivity contribution is 7.13. The van der Waals surface area contributed by atoms with Gasteiger partial charge in [-0.2, -0.15) is 5.10 Å². The number of nitrogens with one attached hydrogen (secondary N) is 1. The summed E-state index contributed by atoms with van der Waals surface area (Å²) in [5.41, 5.74) is 3.26. The zero-order valence-corrected chi connectivity index (χ0v) is 22.2. The van der Waals surface area contributed by atoms with Gasteiger partial charge in [0.05, 0.1) is 29.5 Å². The van der Waals surface area contributed by atoms with Crippen LogP contribution in [-0.4, -0.2) is 75.4 Å². The number of likely N-dealkylation sites (N-methyl/N-ethyl adjacent to an activating group) is 1. The third-order valence-electron chi connectivity index (χ3n) is 6.59. The maximum absolute atomic E-state index is 13.2. The van der Waals surface area contributed by atoms with Gasteiger partial charge >= 0.3 is 0 Å². The first kappa shape index (κ1) is 25.3. The number of nitrogens with zero attached hydrogens (tertiary/aromatic N) is 5. The van der Waals surface area contributed by atoms with Gasteiger partial charge in [0, 0.05) is 42.9 Å². The summed E-state index contributed by atoms with van der Waals surface area (Å²) in [5, 5.41) is 9.78. The first-order valence-electron chi connectivity index (χ1n) is 12.7. The van der Waals surface area contributed by atoms with Gasteiger partial charge in [0.1, 0.15) is 11.8 Å². The topological polar surface area (TPSA) is 93.9 Å². The molecule has 5 heterocycles. The van der Waals surface area contributed by atoms with Gasteiger partial charge in [-0.3, -0.25) is 9.69 Å². The van der Waals surface area contributed by atoms with Crippen LogP contribution in [0.2, 0.25) is 0 Å². The van der Waals surface area contributed by atoms with Crippen LogP contribution in [0.3, 0.4) is 0 Å². The fraction of sp³-hybridized carbons (Fsp3) is 0.407. The van der Waals surface area contributed by atoms with Crippen LogP contribution in [0, 0.1) is 0 Å². The number of aromatic nitrogens is 4. The zero-order valence-electron chi connectivity index (χ0n) is 21.4. The molecule has 0 spiro atoms. The van der Waals surface area contributed by atoms with E-state index in [-0.39, 0.29) is 18.1 Å². The summed E-state index contributed by atoms with van der Waals surface area (Å²) in [6.07, 6.45) is 2.59. The molecule has 2 unspecified atom stereocenters. The van der Waals surface area contributed by atoms with Crippen LogP contribution in [0.1, 0.15) is 37.6 Å². The van der Waals surface area contributed by atoms with E-state index in [2.05, 4.69) is 36.1 Å². The van der Waals surface area contributed by atoms with E-state index in [9.17, 15) is 4.79 Å². The standard InChI is InChI=1S/C27H32N6O3S/c1-4-32(5-2)18(3)16-28-27(34)19-13-22(30-26(14-19)36-20-9-11-35-17-20)23-15-25-29-21(8-10-33(25)31-23)24-7-6-12-37-24/h6-8,10,12-15,18,20H,4-5,9,11,16-17H2,1-3H3,(H,28,34). The summed E-state index contributed by atoms with van der Waals surface area (Å²) in [4.78, 5) is 26.1. The number of hydrogen-bond donors (Lipinski definition) is 1. The Morgan fingerprint density at radius 1 is 1.22 bits per heavy atom. The van der Waals surface area contributed by atoms with Crippen LogP contribution in [0.4, 0.5) is 0 Å². The van der Waals surface area contributed by atoms with Crippen molar-refractivity contribution in [3.63, 3.8) is 0 Å². The number of rotatable bonds is 10. The van der Waals surface area contributed by atoms with Crippen LogP contribution < -0.4 is 10.1 Å². The molecule has 1 N–H and O–H groups in total. The summed E-state index contributed by atoms with van der Waals surface area (Å²) < 4.78 is 13.3. The number of carbonyl (C=O) groups is 1. The van der Waals surface area contributed by atoms with E-state index < -0.39 is 0 Å². The van der Waals surface area contributed by atoms with Crippen molar-refractivity contribution < 1.29 is 14.3 Å². The maximum atomic E-state index is 13.2. The first-order chi connectivity index (χ1) is 18.0. The van der Waals surface area contributed by atoms with Gasteiger partial charge in [0.25, 0.3) is 5.91 Å². The van der Waals surface area contributed by atoms with E-state index in [0.29, 0.717) is 48.2 Å². The molecule has 1 aliphatic heterocycles. The van der Waals surface area contributed by atoms with E-state index in [0.717, 1.165) is 30.1 Å². The molecule has 5 rings (SSSR count). The minimum absolute atomic E-state index is 0.0857. The van der Waals surface area contributed by atoms with Crippen molar-refractivity contribution in [3.05, 3.63) is 53.5 Å². The lowest BCUT2D eigenvalue weighted by atomic mass is 10.1. The van der Waals surface area contributed by atoms with Gasteiger partial charge < -0.3 is 14.8 Å². The van der Waals surface area contributed by atoms with Crippen LogP contribution in [0.15, 0.2) is 48.0 Å². The van der Waals surface area contributed by atoms with Crippen molar-refractivity contribution in [2.75, 3.05) is 32.8 Å². The highest BCUT2D eigenvalue weighted by atomic mass is 32.1. The summed E-state index contributed by atoms with van der Waals surface area (Å²) in [6.45, 7) is 9.96. The molecule has 194 valence electrons. The Balaban J connectivity index is 1.44. The molecular weight excluding hydrogens is 488 g/mol. The third-order valence-corrected chi connectivity index (χ3v) is 7.49. The van der Waals surface area contributed by atoms with Crippen molar-refractivity contribution in [1.82, 2.24) is 29.8 Å². The third kappa shape index (κ3) is 5.82. The Kier molecular flexibility index (Phi) is 7.78. The number of carbonyl (C=O) groups excluding carboxylic acids is 1. The molecule has 10 heteroatoms. The molecule has 0 saturated carbocycles. The van der Waals surface area contributed by atoms with E-state index in [4.69, 9.17) is 19.4 Å². The average molecular weight is 521 g/mol. The summed E-state index contributed by atoms with van der Waals surface area (Å²) in [6, 6.07) is 11.6. The van der Waals surface area contributed by atoms with Crippen LogP contribution >= 0.6 is 11.3 Å². The number of thiophene rings is 1. The van der Waals surface area contributed by atoms with Gasteiger partial charge in [-0.25, -0.2) is 14.5 Å². The largest absolute Gasteiger partial charge is 0.472 e. The second kappa shape index (κ2) is 11.4. The second-order valence-corrected chi connectivity index (χ2v) is 10.0. The Bertz CT molecular complexity index is 1350. The number of ether oxygens (including phenoxy) is 2. The lowest BCUT2D eigenvalue weighted by molar-refractivity contribution is 0.0936. The smallest absolute Gasteiger partial charge is 0.251 e. The molecule has 1 saturated heterocycles. The molecule has 4 aromatic rings. The van der Waals surface area contributed by atoms with Crippen molar-refractivity contribution in [2.45, 2.75) is 39.3 Å². The first-order valence-corrected chi connectivity index (χ1v) is 13.6. The minimum atomic E-state index is -0.169. The Hall–Kier alpha value is -3.34.